The molecule has 1 heterocycles. The molecular formula is C30H38F3N3O6. The standard InChI is InChI=1S/C30H38F3N3O6/c1-17-13-22-20(16-21(35-36-22)18-9-8-10-19(15-18)30(31,32)33)23(14-17)41-24(37)11-12-29(25(38)39,27(2,3)4)34-26(40)42-28(5,6)7/h8-10,15-17,23H,11-14H2,1-7H3,(H,34,40)(H,38,39)/t17?,23?,29-/m0/s1. The molecule has 230 valence electrons. The lowest BCUT2D eigenvalue weighted by Gasteiger charge is -2.41. The van der Waals surface area contributed by atoms with Gasteiger partial charge in [-0.25, -0.2) is 9.59 Å². The van der Waals surface area contributed by atoms with Crippen LogP contribution in [-0.4, -0.2) is 44.5 Å². The number of carboxylic acids is 1. The maximum absolute atomic E-state index is 13.3. The second-order valence-electron chi connectivity index (χ2n) is 12.8. The third-order valence-corrected chi connectivity index (χ3v) is 7.23. The van der Waals surface area contributed by atoms with Crippen molar-refractivity contribution in [3.05, 3.63) is 47.2 Å². The molecule has 0 spiro atoms. The molecule has 1 amide bonds. The van der Waals surface area contributed by atoms with E-state index in [-0.39, 0.29) is 30.0 Å². The Labute approximate surface area is 243 Å². The minimum atomic E-state index is -4.53. The molecular weight excluding hydrogens is 555 g/mol. The average molecular weight is 594 g/mol. The predicted octanol–water partition coefficient (Wildman–Crippen LogP) is 6.50. The lowest BCUT2D eigenvalue weighted by atomic mass is 9.70. The number of halogens is 3. The van der Waals surface area contributed by atoms with Crippen LogP contribution in [0.1, 0.15) is 90.7 Å². The van der Waals surface area contributed by atoms with Crippen molar-refractivity contribution in [3.63, 3.8) is 0 Å². The Kier molecular flexibility index (Phi) is 9.29. The van der Waals surface area contributed by atoms with Crippen molar-refractivity contribution in [2.45, 2.75) is 97.6 Å². The van der Waals surface area contributed by atoms with Crippen molar-refractivity contribution in [2.24, 2.45) is 11.3 Å². The van der Waals surface area contributed by atoms with E-state index < -0.39 is 52.4 Å². The van der Waals surface area contributed by atoms with Gasteiger partial charge < -0.3 is 19.9 Å². The molecule has 0 bridgehead atoms. The van der Waals surface area contributed by atoms with Gasteiger partial charge in [0, 0.05) is 17.5 Å². The van der Waals surface area contributed by atoms with Gasteiger partial charge >= 0.3 is 24.2 Å². The number of esters is 1. The summed E-state index contributed by atoms with van der Waals surface area (Å²) in [4.78, 5) is 38.3. The first-order chi connectivity index (χ1) is 19.2. The molecule has 1 aromatic carbocycles. The smallest absolute Gasteiger partial charge is 0.416 e. The van der Waals surface area contributed by atoms with Gasteiger partial charge in [0.1, 0.15) is 17.2 Å². The van der Waals surface area contributed by atoms with Gasteiger partial charge in [-0.15, -0.1) is 0 Å². The maximum atomic E-state index is 13.3. The van der Waals surface area contributed by atoms with Crippen molar-refractivity contribution in [1.29, 1.82) is 0 Å². The minimum Gasteiger partial charge on any atom is -0.479 e. The molecule has 0 aliphatic heterocycles. The predicted molar refractivity (Wildman–Crippen MR) is 147 cm³/mol. The van der Waals surface area contributed by atoms with E-state index in [1.54, 1.807) is 47.6 Å². The Balaban J connectivity index is 1.84. The number of carboxylic acid groups (broad SMARTS) is 1. The van der Waals surface area contributed by atoms with Crippen LogP contribution in [0.15, 0.2) is 30.3 Å². The molecule has 0 saturated carbocycles. The lowest BCUT2D eigenvalue weighted by molar-refractivity contribution is -0.155. The maximum Gasteiger partial charge on any atom is 0.416 e. The summed E-state index contributed by atoms with van der Waals surface area (Å²) in [5.74, 6) is -1.95. The van der Waals surface area contributed by atoms with Gasteiger partial charge in [0.05, 0.1) is 17.0 Å². The first-order valence-corrected chi connectivity index (χ1v) is 13.7. The highest BCUT2D eigenvalue weighted by molar-refractivity contribution is 5.86. The average Bonchev–Trinajstić information content (AvgIpc) is 2.83. The number of carbonyl (C=O) groups is 3. The summed E-state index contributed by atoms with van der Waals surface area (Å²) < 4.78 is 50.9. The first-order valence-electron chi connectivity index (χ1n) is 13.7. The van der Waals surface area contributed by atoms with E-state index in [9.17, 15) is 32.7 Å². The van der Waals surface area contributed by atoms with Gasteiger partial charge in [0.2, 0.25) is 0 Å². The normalized spacial score (nSPS) is 18.8. The number of nitrogens with zero attached hydrogens (tertiary/aromatic N) is 2. The third-order valence-electron chi connectivity index (χ3n) is 7.23. The van der Waals surface area contributed by atoms with Crippen LogP contribution in [0.2, 0.25) is 0 Å². The summed E-state index contributed by atoms with van der Waals surface area (Å²) in [5.41, 5.74) is -3.03. The molecule has 0 radical (unpaired) electrons. The molecule has 1 aromatic heterocycles. The quantitative estimate of drug-likeness (QED) is 0.348. The van der Waals surface area contributed by atoms with Crippen molar-refractivity contribution >= 4 is 18.0 Å². The lowest BCUT2D eigenvalue weighted by Crippen LogP contribution is -2.63. The number of aromatic nitrogens is 2. The van der Waals surface area contributed by atoms with Crippen molar-refractivity contribution in [2.75, 3.05) is 0 Å². The molecule has 12 heteroatoms. The van der Waals surface area contributed by atoms with E-state index in [0.29, 0.717) is 24.1 Å². The summed E-state index contributed by atoms with van der Waals surface area (Å²) in [6, 6.07) is 6.32. The summed E-state index contributed by atoms with van der Waals surface area (Å²) in [6.07, 6.45) is -5.84. The Morgan fingerprint density at radius 2 is 1.71 bits per heavy atom. The van der Waals surface area contributed by atoms with E-state index >= 15 is 0 Å². The third kappa shape index (κ3) is 7.77. The first kappa shape index (κ1) is 32.8. The molecule has 2 aromatic rings. The molecule has 3 atom stereocenters. The summed E-state index contributed by atoms with van der Waals surface area (Å²) in [5, 5.41) is 21.1. The molecule has 2 N–H and O–H groups in total. The van der Waals surface area contributed by atoms with E-state index in [0.717, 1.165) is 12.1 Å². The van der Waals surface area contributed by atoms with Gasteiger partial charge in [-0.1, -0.05) is 39.8 Å². The molecule has 1 aliphatic carbocycles. The van der Waals surface area contributed by atoms with E-state index in [1.165, 1.54) is 12.1 Å². The second-order valence-corrected chi connectivity index (χ2v) is 12.8. The van der Waals surface area contributed by atoms with E-state index in [1.807, 2.05) is 6.92 Å². The number of hydrogen-bond donors (Lipinski definition) is 2. The zero-order valence-electron chi connectivity index (χ0n) is 24.9. The fraction of sp³-hybridized carbons (Fsp3) is 0.567. The van der Waals surface area contributed by atoms with Gasteiger partial charge in [0.15, 0.2) is 0 Å². The number of rotatable bonds is 7. The zero-order valence-corrected chi connectivity index (χ0v) is 24.9. The monoisotopic (exact) mass is 593 g/mol. The molecule has 9 nitrogen and oxygen atoms in total. The fourth-order valence-corrected chi connectivity index (χ4v) is 4.97. The minimum absolute atomic E-state index is 0.0746. The van der Waals surface area contributed by atoms with Crippen LogP contribution < -0.4 is 5.32 Å². The Bertz CT molecular complexity index is 1330. The number of fused-ring (bicyclic) bond motifs is 1. The zero-order chi connectivity index (χ0) is 31.7. The highest BCUT2D eigenvalue weighted by Crippen LogP contribution is 2.39. The van der Waals surface area contributed by atoms with Crippen LogP contribution in [0.25, 0.3) is 11.3 Å². The van der Waals surface area contributed by atoms with Crippen LogP contribution >= 0.6 is 0 Å². The van der Waals surface area contributed by atoms with Gasteiger partial charge in [-0.2, -0.15) is 23.4 Å². The Morgan fingerprint density at radius 3 is 2.29 bits per heavy atom. The number of hydrogen-bond acceptors (Lipinski definition) is 7. The molecule has 3 rings (SSSR count). The number of amides is 1. The largest absolute Gasteiger partial charge is 0.479 e. The molecule has 0 fully saturated rings. The highest BCUT2D eigenvalue weighted by atomic mass is 19.4. The van der Waals surface area contributed by atoms with Crippen LogP contribution in [0, 0.1) is 11.3 Å². The van der Waals surface area contributed by atoms with E-state index in [2.05, 4.69) is 15.5 Å². The number of alkyl carbamates (subject to hydrolysis) is 1. The Hall–Kier alpha value is -3.70. The highest BCUT2D eigenvalue weighted by Gasteiger charge is 2.51. The van der Waals surface area contributed by atoms with Crippen molar-refractivity contribution in [1.82, 2.24) is 15.5 Å². The summed E-state index contributed by atoms with van der Waals surface area (Å²) >= 11 is 0. The summed E-state index contributed by atoms with van der Waals surface area (Å²) in [7, 11) is 0. The van der Waals surface area contributed by atoms with Crippen molar-refractivity contribution < 1.29 is 42.1 Å². The molecule has 0 saturated heterocycles. The SMILES string of the molecule is CC1Cc2nnc(-c3cccc(C(F)(F)F)c3)cc2C(OC(=O)CC[C@](NC(=O)OC(C)(C)C)(C(=O)O)C(C)(C)C)C1. The summed E-state index contributed by atoms with van der Waals surface area (Å²) in [6.45, 7) is 11.8. The fourth-order valence-electron chi connectivity index (χ4n) is 4.97. The van der Waals surface area contributed by atoms with Crippen LogP contribution in [0.5, 0.6) is 0 Å². The van der Waals surface area contributed by atoms with Crippen molar-refractivity contribution in [3.8, 4) is 11.3 Å². The molecule has 42 heavy (non-hydrogen) atoms. The number of nitrogens with one attached hydrogen (secondary N) is 1. The molecule has 2 unspecified atom stereocenters. The van der Waals surface area contributed by atoms with Gasteiger partial charge in [-0.05, 0) is 69.6 Å². The topological polar surface area (TPSA) is 128 Å². The van der Waals surface area contributed by atoms with Crippen LogP contribution in [-0.2, 0) is 31.7 Å². The van der Waals surface area contributed by atoms with E-state index in [4.69, 9.17) is 9.47 Å². The van der Waals surface area contributed by atoms with Gasteiger partial charge in [0.25, 0.3) is 0 Å². The second kappa shape index (κ2) is 11.9. The van der Waals surface area contributed by atoms with Crippen LogP contribution in [0.4, 0.5) is 18.0 Å². The number of ether oxygens (including phenoxy) is 2. The van der Waals surface area contributed by atoms with Crippen LogP contribution in [0.3, 0.4) is 0 Å². The number of carbonyl (C=O) groups excluding carboxylic acids is 2. The molecule has 1 aliphatic rings. The number of alkyl halides is 3. The number of aliphatic carboxylic acids is 1. The number of benzene rings is 1. The Morgan fingerprint density at radius 1 is 1.05 bits per heavy atom. The van der Waals surface area contributed by atoms with Gasteiger partial charge in [-0.3, -0.25) is 4.79 Å².